The van der Waals surface area contributed by atoms with Crippen LogP contribution >= 0.6 is 0 Å². The summed E-state index contributed by atoms with van der Waals surface area (Å²) in [6.45, 7) is 2.10. The Labute approximate surface area is 166 Å². The zero-order chi connectivity index (χ0) is 19.7. The minimum absolute atomic E-state index is 0.0372. The van der Waals surface area contributed by atoms with Gasteiger partial charge in [-0.3, -0.25) is 4.90 Å². The van der Waals surface area contributed by atoms with Gasteiger partial charge in [-0.05, 0) is 35.9 Å². The topological polar surface area (TPSA) is 23.5 Å². The van der Waals surface area contributed by atoms with Crippen molar-refractivity contribution in [2.75, 3.05) is 7.05 Å². The molecule has 3 aromatic rings. The van der Waals surface area contributed by atoms with E-state index in [1.165, 1.54) is 23.3 Å². The molecule has 1 N–H and O–H groups in total. The molecule has 0 bridgehead atoms. The van der Waals surface area contributed by atoms with Gasteiger partial charge in [-0.2, -0.15) is 0 Å². The Kier molecular flexibility index (Phi) is 5.05. The Bertz CT molecular complexity index is 912. The van der Waals surface area contributed by atoms with Gasteiger partial charge in [0.15, 0.2) is 0 Å². The highest BCUT2D eigenvalue weighted by molar-refractivity contribution is 5.32. The molecule has 1 heterocycles. The van der Waals surface area contributed by atoms with Crippen molar-refractivity contribution in [3.8, 4) is 0 Å². The maximum atomic E-state index is 13.5. The molecule has 3 heteroatoms. The normalized spacial score (nSPS) is 28.2. The average molecular weight is 375 g/mol. The van der Waals surface area contributed by atoms with E-state index in [1.54, 1.807) is 12.1 Å². The number of aliphatic hydroxyl groups is 1. The molecule has 4 rings (SSSR count). The van der Waals surface area contributed by atoms with E-state index < -0.39 is 5.60 Å². The smallest absolute Gasteiger partial charge is 0.123 e. The standard InChI is InChI=1S/C25H26FNO/c1-18-24(20-11-7-4-8-12-20)27(2)23(19-9-5-3-6-10-19)17-25(18,28)21-13-15-22(26)16-14-21/h3-16,18,23-24,28H,17H2,1-2H3/t18-,23+,24-,25+/m0/s1. The average Bonchev–Trinajstić information content (AvgIpc) is 2.73. The predicted molar refractivity (Wildman–Crippen MR) is 110 cm³/mol. The van der Waals surface area contributed by atoms with Gasteiger partial charge in [0.1, 0.15) is 5.82 Å². The van der Waals surface area contributed by atoms with Gasteiger partial charge >= 0.3 is 0 Å². The van der Waals surface area contributed by atoms with Crippen LogP contribution in [0.15, 0.2) is 84.9 Å². The molecular formula is C25H26FNO. The molecule has 0 spiro atoms. The second kappa shape index (κ2) is 7.50. The van der Waals surface area contributed by atoms with Crippen molar-refractivity contribution in [1.29, 1.82) is 0 Å². The molecule has 1 aliphatic heterocycles. The van der Waals surface area contributed by atoms with E-state index in [-0.39, 0.29) is 23.8 Å². The molecule has 1 saturated heterocycles. The molecule has 0 saturated carbocycles. The second-order valence-corrected chi connectivity index (χ2v) is 7.87. The summed E-state index contributed by atoms with van der Waals surface area (Å²) in [7, 11) is 2.13. The molecule has 1 aliphatic rings. The van der Waals surface area contributed by atoms with Crippen molar-refractivity contribution in [2.24, 2.45) is 5.92 Å². The van der Waals surface area contributed by atoms with Crippen molar-refractivity contribution >= 4 is 0 Å². The van der Waals surface area contributed by atoms with E-state index in [1.807, 2.05) is 36.4 Å². The third kappa shape index (κ3) is 3.25. The zero-order valence-corrected chi connectivity index (χ0v) is 16.3. The molecule has 0 amide bonds. The van der Waals surface area contributed by atoms with Crippen molar-refractivity contribution in [1.82, 2.24) is 4.90 Å². The van der Waals surface area contributed by atoms with E-state index in [4.69, 9.17) is 0 Å². The quantitative estimate of drug-likeness (QED) is 0.656. The molecular weight excluding hydrogens is 349 g/mol. The lowest BCUT2D eigenvalue weighted by Crippen LogP contribution is -2.50. The number of likely N-dealkylation sites (tertiary alicyclic amines) is 1. The molecule has 4 atom stereocenters. The highest BCUT2D eigenvalue weighted by Crippen LogP contribution is 2.52. The fourth-order valence-corrected chi connectivity index (χ4v) is 4.75. The molecule has 144 valence electrons. The number of hydrogen-bond acceptors (Lipinski definition) is 2. The first-order valence-corrected chi connectivity index (χ1v) is 9.81. The number of hydrogen-bond donors (Lipinski definition) is 1. The summed E-state index contributed by atoms with van der Waals surface area (Å²) in [4.78, 5) is 2.37. The number of halogens is 1. The first-order valence-electron chi connectivity index (χ1n) is 9.81. The van der Waals surface area contributed by atoms with Gasteiger partial charge in [0.05, 0.1) is 5.60 Å². The largest absolute Gasteiger partial charge is 0.385 e. The third-order valence-corrected chi connectivity index (χ3v) is 6.33. The number of benzene rings is 3. The molecule has 2 nitrogen and oxygen atoms in total. The summed E-state index contributed by atoms with van der Waals surface area (Å²) in [5.41, 5.74) is 2.08. The minimum Gasteiger partial charge on any atom is -0.385 e. The SMILES string of the molecule is C[C@H]1[C@@H](c2ccccc2)N(C)[C@@H](c2ccccc2)C[C@]1(O)c1ccc(F)cc1. The van der Waals surface area contributed by atoms with Crippen LogP contribution in [0, 0.1) is 11.7 Å². The lowest BCUT2D eigenvalue weighted by atomic mass is 9.68. The van der Waals surface area contributed by atoms with Gasteiger partial charge in [-0.15, -0.1) is 0 Å². The van der Waals surface area contributed by atoms with Crippen LogP contribution in [0.4, 0.5) is 4.39 Å². The minimum atomic E-state index is -1.05. The monoisotopic (exact) mass is 375 g/mol. The maximum Gasteiger partial charge on any atom is 0.123 e. The van der Waals surface area contributed by atoms with Gasteiger partial charge in [0, 0.05) is 24.4 Å². The Morgan fingerprint density at radius 3 is 1.96 bits per heavy atom. The van der Waals surface area contributed by atoms with Crippen LogP contribution in [0.5, 0.6) is 0 Å². The third-order valence-electron chi connectivity index (χ3n) is 6.33. The lowest BCUT2D eigenvalue weighted by molar-refractivity contribution is -0.120. The molecule has 28 heavy (non-hydrogen) atoms. The molecule has 0 unspecified atom stereocenters. The summed E-state index contributed by atoms with van der Waals surface area (Å²) in [6, 6.07) is 27.1. The van der Waals surface area contributed by atoms with Gasteiger partial charge in [0.25, 0.3) is 0 Å². The van der Waals surface area contributed by atoms with Crippen LogP contribution in [0.2, 0.25) is 0 Å². The van der Waals surface area contributed by atoms with Crippen molar-refractivity contribution in [2.45, 2.75) is 31.0 Å². The summed E-state index contributed by atoms with van der Waals surface area (Å²) >= 11 is 0. The molecule has 1 fully saturated rings. The highest BCUT2D eigenvalue weighted by Gasteiger charge is 2.49. The lowest BCUT2D eigenvalue weighted by Gasteiger charge is -2.52. The van der Waals surface area contributed by atoms with E-state index in [9.17, 15) is 9.50 Å². The van der Waals surface area contributed by atoms with Crippen LogP contribution in [-0.2, 0) is 5.60 Å². The van der Waals surface area contributed by atoms with Crippen LogP contribution in [0.3, 0.4) is 0 Å². The Morgan fingerprint density at radius 2 is 1.39 bits per heavy atom. The van der Waals surface area contributed by atoms with Crippen molar-refractivity contribution in [3.63, 3.8) is 0 Å². The number of piperidine rings is 1. The Balaban J connectivity index is 1.83. The van der Waals surface area contributed by atoms with Crippen LogP contribution < -0.4 is 0 Å². The van der Waals surface area contributed by atoms with Gasteiger partial charge in [0.2, 0.25) is 0 Å². The first kappa shape index (κ1) is 18.9. The Hall–Kier alpha value is -2.49. The maximum absolute atomic E-state index is 13.5. The van der Waals surface area contributed by atoms with Gasteiger partial charge in [-0.1, -0.05) is 79.7 Å². The van der Waals surface area contributed by atoms with E-state index in [0.29, 0.717) is 6.42 Å². The summed E-state index contributed by atoms with van der Waals surface area (Å²) < 4.78 is 13.5. The molecule has 0 aromatic heterocycles. The van der Waals surface area contributed by atoms with Crippen molar-refractivity contribution < 1.29 is 9.50 Å². The van der Waals surface area contributed by atoms with Gasteiger partial charge < -0.3 is 5.11 Å². The fourth-order valence-electron chi connectivity index (χ4n) is 4.75. The van der Waals surface area contributed by atoms with Gasteiger partial charge in [-0.25, -0.2) is 4.39 Å². The van der Waals surface area contributed by atoms with Crippen LogP contribution in [-0.4, -0.2) is 17.1 Å². The molecule has 0 aliphatic carbocycles. The van der Waals surface area contributed by atoms with Crippen LogP contribution in [0.25, 0.3) is 0 Å². The first-order chi connectivity index (χ1) is 13.5. The second-order valence-electron chi connectivity index (χ2n) is 7.87. The zero-order valence-electron chi connectivity index (χ0n) is 16.3. The number of nitrogens with zero attached hydrogens (tertiary/aromatic N) is 1. The highest BCUT2D eigenvalue weighted by atomic mass is 19.1. The predicted octanol–water partition coefficient (Wildman–Crippen LogP) is 5.47. The summed E-state index contributed by atoms with van der Waals surface area (Å²) in [6.07, 6.45) is 0.559. The fraction of sp³-hybridized carbons (Fsp3) is 0.280. The summed E-state index contributed by atoms with van der Waals surface area (Å²) in [5, 5.41) is 11.9. The molecule has 3 aromatic carbocycles. The van der Waals surface area contributed by atoms with E-state index in [0.717, 1.165) is 5.56 Å². The number of rotatable bonds is 3. The van der Waals surface area contributed by atoms with Crippen LogP contribution in [0.1, 0.15) is 42.1 Å². The Morgan fingerprint density at radius 1 is 0.857 bits per heavy atom. The summed E-state index contributed by atoms with van der Waals surface area (Å²) in [5.74, 6) is -0.350. The van der Waals surface area contributed by atoms with E-state index in [2.05, 4.69) is 43.1 Å². The van der Waals surface area contributed by atoms with E-state index >= 15 is 0 Å². The van der Waals surface area contributed by atoms with Crippen molar-refractivity contribution in [3.05, 3.63) is 107 Å². The molecule has 0 radical (unpaired) electrons.